The molecule has 0 spiro atoms. The minimum absolute atomic E-state index is 0.240. The maximum atomic E-state index is 11.9. The third-order valence-corrected chi connectivity index (χ3v) is 4.00. The van der Waals surface area contributed by atoms with Gasteiger partial charge in [-0.05, 0) is 19.3 Å². The fourth-order valence-electron chi connectivity index (χ4n) is 2.79. The summed E-state index contributed by atoms with van der Waals surface area (Å²) >= 11 is 0. The van der Waals surface area contributed by atoms with E-state index in [1.807, 2.05) is 21.1 Å². The zero-order chi connectivity index (χ0) is 19.3. The van der Waals surface area contributed by atoms with Crippen LogP contribution in [0.3, 0.4) is 0 Å². The van der Waals surface area contributed by atoms with Crippen molar-refractivity contribution < 1.29 is 29.0 Å². The van der Waals surface area contributed by atoms with Gasteiger partial charge < -0.3 is 24.2 Å². The minimum Gasteiger partial charge on any atom is -0.550 e. The first-order valence-corrected chi connectivity index (χ1v) is 9.52. The largest absolute Gasteiger partial charge is 0.550 e. The summed E-state index contributed by atoms with van der Waals surface area (Å²) in [6.45, 7) is 2.58. The molecule has 0 saturated carbocycles. The fraction of sp³-hybridized carbons (Fsp3) is 0.895. The molecule has 0 radical (unpaired) electrons. The van der Waals surface area contributed by atoms with Crippen LogP contribution in [0.5, 0.6) is 0 Å². The molecular formula is C19H37NO5. The fourth-order valence-corrected chi connectivity index (χ4v) is 2.79. The Balaban J connectivity index is 3.93. The van der Waals surface area contributed by atoms with E-state index in [4.69, 9.17) is 4.74 Å². The van der Waals surface area contributed by atoms with E-state index in [0.29, 0.717) is 17.4 Å². The van der Waals surface area contributed by atoms with Crippen LogP contribution in [0, 0.1) is 0 Å². The van der Waals surface area contributed by atoms with E-state index >= 15 is 0 Å². The van der Waals surface area contributed by atoms with Crippen molar-refractivity contribution in [3.63, 3.8) is 0 Å². The summed E-state index contributed by atoms with van der Waals surface area (Å²) in [5, 5.41) is 20.6. The molecule has 1 N–H and O–H groups in total. The number of carboxylic acid groups (broad SMARTS) is 1. The number of hydrogen-bond donors (Lipinski definition) is 1. The van der Waals surface area contributed by atoms with Gasteiger partial charge in [0.25, 0.3) is 0 Å². The Morgan fingerprint density at radius 2 is 1.64 bits per heavy atom. The van der Waals surface area contributed by atoms with Crippen molar-refractivity contribution in [1.82, 2.24) is 0 Å². The highest BCUT2D eigenvalue weighted by atomic mass is 16.5. The molecule has 0 saturated heterocycles. The molecule has 0 aromatic heterocycles. The van der Waals surface area contributed by atoms with E-state index in [9.17, 15) is 19.8 Å². The van der Waals surface area contributed by atoms with Gasteiger partial charge in [0.05, 0.1) is 27.2 Å². The number of unbranched alkanes of at least 4 members (excludes halogenated alkanes) is 4. The van der Waals surface area contributed by atoms with E-state index in [-0.39, 0.29) is 24.9 Å². The first-order valence-electron chi connectivity index (χ1n) is 9.52. The third-order valence-electron chi connectivity index (χ3n) is 4.00. The number of rotatable bonds is 15. The smallest absolute Gasteiger partial charge is 0.306 e. The summed E-state index contributed by atoms with van der Waals surface area (Å²) < 4.78 is 5.82. The van der Waals surface area contributed by atoms with Gasteiger partial charge in [0.15, 0.2) is 6.10 Å². The summed E-state index contributed by atoms with van der Waals surface area (Å²) in [5.74, 6) is -1.56. The van der Waals surface area contributed by atoms with Gasteiger partial charge in [-0.3, -0.25) is 4.79 Å². The van der Waals surface area contributed by atoms with Gasteiger partial charge in [-0.2, -0.15) is 0 Å². The molecule has 6 nitrogen and oxygen atoms in total. The van der Waals surface area contributed by atoms with Crippen LogP contribution >= 0.6 is 0 Å². The number of carbonyl (C=O) groups is 2. The molecular weight excluding hydrogens is 322 g/mol. The number of likely N-dealkylation sites (N-methyl/N-ethyl adjacent to an activating group) is 1. The minimum atomic E-state index is -1.21. The van der Waals surface area contributed by atoms with Crippen molar-refractivity contribution in [3.05, 3.63) is 0 Å². The lowest BCUT2D eigenvalue weighted by Gasteiger charge is -2.29. The second-order valence-corrected chi connectivity index (χ2v) is 7.91. The number of esters is 1. The van der Waals surface area contributed by atoms with Crippen molar-refractivity contribution in [2.75, 3.05) is 27.7 Å². The second kappa shape index (κ2) is 13.1. The van der Waals surface area contributed by atoms with Gasteiger partial charge in [0, 0.05) is 18.8 Å². The number of quaternary nitrogens is 1. The second-order valence-electron chi connectivity index (χ2n) is 7.91. The van der Waals surface area contributed by atoms with E-state index in [1.165, 1.54) is 0 Å². The molecule has 2 unspecified atom stereocenters. The van der Waals surface area contributed by atoms with E-state index < -0.39 is 12.1 Å². The molecule has 0 bridgehead atoms. The lowest BCUT2D eigenvalue weighted by atomic mass is 10.0. The standard InChI is InChI=1S/C19H37NO5/c1-5-6-8-11-16(21)12-9-7-10-13-19(24)25-17(14-18(22)23)15-20(2,3)4/h16-17,21H,5-15H2,1-4H3. The summed E-state index contributed by atoms with van der Waals surface area (Å²) in [5.41, 5.74) is 0. The first-order chi connectivity index (χ1) is 11.6. The molecule has 0 rings (SSSR count). The molecule has 0 heterocycles. The first kappa shape index (κ1) is 23.9. The molecule has 148 valence electrons. The quantitative estimate of drug-likeness (QED) is 0.273. The van der Waals surface area contributed by atoms with Crippen molar-refractivity contribution in [2.24, 2.45) is 0 Å². The number of aliphatic carboxylic acids is 1. The van der Waals surface area contributed by atoms with Crippen LogP contribution in [0.1, 0.15) is 71.1 Å². The number of ether oxygens (including phenoxy) is 1. The SMILES string of the molecule is CCCCCC(O)CCCCCC(=O)OC(CC(=O)[O-])C[N+](C)(C)C. The highest BCUT2D eigenvalue weighted by molar-refractivity contribution is 5.70. The Morgan fingerprint density at radius 3 is 2.16 bits per heavy atom. The normalized spacial score (nSPS) is 14.1. The molecule has 0 fully saturated rings. The Hall–Kier alpha value is -1.14. The molecule has 2 atom stereocenters. The van der Waals surface area contributed by atoms with Crippen LogP contribution in [0.2, 0.25) is 0 Å². The zero-order valence-electron chi connectivity index (χ0n) is 16.5. The maximum Gasteiger partial charge on any atom is 0.306 e. The highest BCUT2D eigenvalue weighted by Crippen LogP contribution is 2.13. The monoisotopic (exact) mass is 359 g/mol. The molecule has 25 heavy (non-hydrogen) atoms. The van der Waals surface area contributed by atoms with Gasteiger partial charge >= 0.3 is 5.97 Å². The van der Waals surface area contributed by atoms with Crippen LogP contribution < -0.4 is 5.11 Å². The van der Waals surface area contributed by atoms with Crippen molar-refractivity contribution in [1.29, 1.82) is 0 Å². The maximum absolute atomic E-state index is 11.9. The molecule has 6 heteroatoms. The average Bonchev–Trinajstić information content (AvgIpc) is 2.44. The summed E-state index contributed by atoms with van der Waals surface area (Å²) in [6.07, 6.45) is 6.57. The van der Waals surface area contributed by atoms with Gasteiger partial charge in [-0.25, -0.2) is 0 Å². The van der Waals surface area contributed by atoms with E-state index in [2.05, 4.69) is 6.92 Å². The van der Waals surface area contributed by atoms with Crippen LogP contribution in [-0.4, -0.2) is 61.4 Å². The highest BCUT2D eigenvalue weighted by Gasteiger charge is 2.22. The molecule has 0 aromatic rings. The average molecular weight is 360 g/mol. The molecule has 0 aromatic carbocycles. The number of aliphatic hydroxyl groups excluding tert-OH is 1. The topological polar surface area (TPSA) is 86.7 Å². The van der Waals surface area contributed by atoms with Crippen LogP contribution in [-0.2, 0) is 14.3 Å². The predicted molar refractivity (Wildman–Crippen MR) is 95.6 cm³/mol. The Bertz CT molecular complexity index is 379. The van der Waals surface area contributed by atoms with Crippen LogP contribution in [0.25, 0.3) is 0 Å². The summed E-state index contributed by atoms with van der Waals surface area (Å²) in [7, 11) is 5.76. The molecule has 0 aliphatic rings. The lowest BCUT2D eigenvalue weighted by Crippen LogP contribution is -2.45. The molecule has 0 aliphatic carbocycles. The van der Waals surface area contributed by atoms with Crippen molar-refractivity contribution in [2.45, 2.75) is 83.3 Å². The third kappa shape index (κ3) is 16.1. The Labute approximate surface area is 152 Å². The number of aliphatic hydroxyl groups is 1. The summed E-state index contributed by atoms with van der Waals surface area (Å²) in [6, 6.07) is 0. The zero-order valence-corrected chi connectivity index (χ0v) is 16.5. The Kier molecular flexibility index (Phi) is 12.5. The number of nitrogens with zero attached hydrogens (tertiary/aromatic N) is 1. The van der Waals surface area contributed by atoms with Crippen molar-refractivity contribution >= 4 is 11.9 Å². The predicted octanol–water partition coefficient (Wildman–Crippen LogP) is 1.64. The molecule has 0 amide bonds. The number of carboxylic acids is 1. The van der Waals surface area contributed by atoms with E-state index in [0.717, 1.165) is 44.9 Å². The van der Waals surface area contributed by atoms with Crippen LogP contribution in [0.4, 0.5) is 0 Å². The Morgan fingerprint density at radius 1 is 1.04 bits per heavy atom. The van der Waals surface area contributed by atoms with Gasteiger partial charge in [0.1, 0.15) is 6.54 Å². The van der Waals surface area contributed by atoms with E-state index in [1.54, 1.807) is 0 Å². The number of carbonyl (C=O) groups excluding carboxylic acids is 2. The van der Waals surface area contributed by atoms with Crippen molar-refractivity contribution in [3.8, 4) is 0 Å². The van der Waals surface area contributed by atoms with Gasteiger partial charge in [-0.1, -0.05) is 39.0 Å². The van der Waals surface area contributed by atoms with Crippen LogP contribution in [0.15, 0.2) is 0 Å². The lowest BCUT2D eigenvalue weighted by molar-refractivity contribution is -0.873. The molecule has 0 aliphatic heterocycles. The van der Waals surface area contributed by atoms with Gasteiger partial charge in [0.2, 0.25) is 0 Å². The summed E-state index contributed by atoms with van der Waals surface area (Å²) in [4.78, 5) is 22.7. The van der Waals surface area contributed by atoms with Gasteiger partial charge in [-0.15, -0.1) is 0 Å². The number of hydrogen-bond acceptors (Lipinski definition) is 5.